The third-order valence-corrected chi connectivity index (χ3v) is 8.33. The molecule has 1 aliphatic rings. The van der Waals surface area contributed by atoms with Gasteiger partial charge in [0, 0.05) is 19.6 Å². The molecule has 0 saturated heterocycles. The van der Waals surface area contributed by atoms with Crippen LogP contribution in [0, 0.1) is 5.41 Å². The zero-order valence-corrected chi connectivity index (χ0v) is 17.3. The van der Waals surface area contributed by atoms with Gasteiger partial charge in [-0.3, -0.25) is 4.99 Å². The number of nitrogens with zero attached hydrogens (tertiary/aromatic N) is 1. The van der Waals surface area contributed by atoms with E-state index in [0.29, 0.717) is 22.1 Å². The van der Waals surface area contributed by atoms with E-state index in [9.17, 15) is 13.5 Å². The van der Waals surface area contributed by atoms with Crippen LogP contribution >= 0.6 is 11.3 Å². The molecule has 148 valence electrons. The van der Waals surface area contributed by atoms with Crippen molar-refractivity contribution in [3.05, 3.63) is 17.5 Å². The van der Waals surface area contributed by atoms with Crippen LogP contribution in [0.4, 0.5) is 0 Å². The van der Waals surface area contributed by atoms with E-state index < -0.39 is 15.9 Å². The van der Waals surface area contributed by atoms with E-state index in [4.69, 9.17) is 4.99 Å². The van der Waals surface area contributed by atoms with Crippen LogP contribution in [0.5, 0.6) is 0 Å². The van der Waals surface area contributed by atoms with Crippen molar-refractivity contribution in [1.29, 1.82) is 0 Å². The lowest BCUT2D eigenvalue weighted by Crippen LogP contribution is -2.43. The minimum absolute atomic E-state index is 0.148. The van der Waals surface area contributed by atoms with Gasteiger partial charge in [-0.1, -0.05) is 25.8 Å². The third kappa shape index (κ3) is 5.96. The van der Waals surface area contributed by atoms with Gasteiger partial charge in [-0.25, -0.2) is 8.42 Å². The van der Waals surface area contributed by atoms with Gasteiger partial charge in [-0.15, -0.1) is 11.3 Å². The first-order chi connectivity index (χ1) is 12.4. The van der Waals surface area contributed by atoms with Gasteiger partial charge in [0.1, 0.15) is 4.21 Å². The average Bonchev–Trinajstić information content (AvgIpc) is 3.29. The summed E-state index contributed by atoms with van der Waals surface area (Å²) in [6, 6.07) is 3.27. The quantitative estimate of drug-likeness (QED) is 0.437. The van der Waals surface area contributed by atoms with Crippen LogP contribution in [0.1, 0.15) is 46.0 Å². The molecule has 0 aromatic carbocycles. The molecule has 3 N–H and O–H groups in total. The number of hydrogen-bond acceptors (Lipinski definition) is 5. The molecule has 26 heavy (non-hydrogen) atoms. The second-order valence-electron chi connectivity index (χ2n) is 7.00. The maximum absolute atomic E-state index is 12.2. The van der Waals surface area contributed by atoms with E-state index in [1.807, 2.05) is 6.92 Å². The summed E-state index contributed by atoms with van der Waals surface area (Å²) in [5.41, 5.74) is 0.295. The van der Waals surface area contributed by atoms with Crippen molar-refractivity contribution in [2.24, 2.45) is 10.4 Å². The average molecular weight is 402 g/mol. The Kier molecular flexibility index (Phi) is 7.91. The van der Waals surface area contributed by atoms with Crippen molar-refractivity contribution in [3.63, 3.8) is 0 Å². The molecule has 0 spiro atoms. The highest BCUT2D eigenvalue weighted by atomic mass is 32.2. The van der Waals surface area contributed by atoms with Crippen molar-refractivity contribution in [3.8, 4) is 0 Å². The highest BCUT2D eigenvalue weighted by Gasteiger charge is 2.31. The number of hydrogen-bond donors (Lipinski definition) is 3. The first-order valence-electron chi connectivity index (χ1n) is 9.37. The maximum atomic E-state index is 12.2. The third-order valence-electron chi connectivity index (χ3n) is 5.05. The Bertz CT molecular complexity index is 666. The molecule has 0 amide bonds. The molecule has 0 radical (unpaired) electrons. The summed E-state index contributed by atoms with van der Waals surface area (Å²) in [4.78, 5) is 4.69. The lowest BCUT2D eigenvalue weighted by Gasteiger charge is -2.26. The molecule has 1 aromatic rings. The Labute approximate surface area is 161 Å². The van der Waals surface area contributed by atoms with E-state index >= 15 is 0 Å². The predicted molar refractivity (Wildman–Crippen MR) is 108 cm³/mol. The summed E-state index contributed by atoms with van der Waals surface area (Å²) in [5, 5.41) is 18.1. The Morgan fingerprint density at radius 2 is 2.08 bits per heavy atom. The fraction of sp³-hybridized carbons (Fsp3) is 0.722. The number of guanidine groups is 1. The molecule has 6 nitrogen and oxygen atoms in total. The second-order valence-corrected chi connectivity index (χ2v) is 10.2. The predicted octanol–water partition coefficient (Wildman–Crippen LogP) is 2.41. The zero-order chi connectivity index (χ0) is 19.0. The van der Waals surface area contributed by atoms with Crippen LogP contribution in [-0.4, -0.2) is 51.0 Å². The van der Waals surface area contributed by atoms with Gasteiger partial charge < -0.3 is 15.7 Å². The molecule has 1 aliphatic carbocycles. The number of nitrogens with one attached hydrogen (secondary N) is 2. The molecule has 1 fully saturated rings. The van der Waals surface area contributed by atoms with Gasteiger partial charge in [-0.05, 0) is 43.0 Å². The van der Waals surface area contributed by atoms with Gasteiger partial charge in [-0.2, -0.15) is 0 Å². The van der Waals surface area contributed by atoms with E-state index in [2.05, 4.69) is 17.6 Å². The molecular weight excluding hydrogens is 370 g/mol. The van der Waals surface area contributed by atoms with Crippen LogP contribution < -0.4 is 10.6 Å². The molecule has 0 aliphatic heterocycles. The van der Waals surface area contributed by atoms with Gasteiger partial charge >= 0.3 is 0 Å². The molecule has 1 saturated carbocycles. The van der Waals surface area contributed by atoms with Crippen molar-refractivity contribution in [1.82, 2.24) is 10.6 Å². The van der Waals surface area contributed by atoms with E-state index in [1.54, 1.807) is 17.5 Å². The largest absolute Gasteiger partial charge is 0.390 e. The minimum Gasteiger partial charge on any atom is -0.390 e. The smallest absolute Gasteiger partial charge is 0.191 e. The monoisotopic (exact) mass is 401 g/mol. The zero-order valence-electron chi connectivity index (χ0n) is 15.7. The first-order valence-corrected chi connectivity index (χ1v) is 11.9. The number of sulfone groups is 1. The van der Waals surface area contributed by atoms with Crippen LogP contribution in [0.2, 0.25) is 0 Å². The van der Waals surface area contributed by atoms with Gasteiger partial charge in [0.15, 0.2) is 15.8 Å². The van der Waals surface area contributed by atoms with E-state index in [1.165, 1.54) is 37.0 Å². The molecule has 0 bridgehead atoms. The van der Waals surface area contributed by atoms with Crippen molar-refractivity contribution >= 4 is 27.1 Å². The molecule has 1 unspecified atom stereocenters. The SMILES string of the molecule is CCNC(=NCC1(CC)CCCC1)NCC(O)CS(=O)(=O)c1cccs1. The highest BCUT2D eigenvalue weighted by molar-refractivity contribution is 7.93. The minimum atomic E-state index is -3.45. The number of thiophene rings is 1. The van der Waals surface area contributed by atoms with Crippen molar-refractivity contribution < 1.29 is 13.5 Å². The van der Waals surface area contributed by atoms with Crippen molar-refractivity contribution in [2.75, 3.05) is 25.4 Å². The van der Waals surface area contributed by atoms with E-state index in [0.717, 1.165) is 13.0 Å². The summed E-state index contributed by atoms with van der Waals surface area (Å²) < 4.78 is 24.8. The lowest BCUT2D eigenvalue weighted by atomic mass is 9.84. The molecule has 1 atom stereocenters. The van der Waals surface area contributed by atoms with Crippen LogP contribution in [-0.2, 0) is 9.84 Å². The summed E-state index contributed by atoms with van der Waals surface area (Å²) in [6.07, 6.45) is 5.11. The number of aliphatic imine (C=N–C) groups is 1. The summed E-state index contributed by atoms with van der Waals surface area (Å²) in [5.74, 6) is 0.346. The number of aliphatic hydroxyl groups is 1. The van der Waals surface area contributed by atoms with Crippen LogP contribution in [0.25, 0.3) is 0 Å². The van der Waals surface area contributed by atoms with Gasteiger partial charge in [0.2, 0.25) is 0 Å². The lowest BCUT2D eigenvalue weighted by molar-refractivity contribution is 0.199. The fourth-order valence-corrected chi connectivity index (χ4v) is 5.87. The summed E-state index contributed by atoms with van der Waals surface area (Å²) in [7, 11) is -3.45. The van der Waals surface area contributed by atoms with Crippen LogP contribution in [0.3, 0.4) is 0 Å². The number of rotatable bonds is 9. The topological polar surface area (TPSA) is 90.8 Å². The van der Waals surface area contributed by atoms with Gasteiger partial charge in [0.05, 0.1) is 11.9 Å². The Balaban J connectivity index is 1.90. The normalized spacial score (nSPS) is 18.7. The van der Waals surface area contributed by atoms with Crippen molar-refractivity contribution in [2.45, 2.75) is 56.3 Å². The fourth-order valence-electron chi connectivity index (χ4n) is 3.39. The van der Waals surface area contributed by atoms with Crippen LogP contribution in [0.15, 0.2) is 26.7 Å². The van der Waals surface area contributed by atoms with Gasteiger partial charge in [0.25, 0.3) is 0 Å². The molecule has 1 heterocycles. The Morgan fingerprint density at radius 1 is 1.35 bits per heavy atom. The second kappa shape index (κ2) is 9.71. The number of aliphatic hydroxyl groups excluding tert-OH is 1. The first kappa shape index (κ1) is 21.2. The standard InChI is InChI=1S/C18H31N3O3S2/c1-3-18(9-5-6-10-18)14-21-17(19-4-2)20-12-15(22)13-26(23,24)16-8-7-11-25-16/h7-8,11,15,22H,3-6,9-10,12-14H2,1-2H3,(H2,19,20,21). The molecule has 1 aromatic heterocycles. The Hall–Kier alpha value is -1.12. The summed E-state index contributed by atoms with van der Waals surface area (Å²) >= 11 is 1.17. The molecular formula is C18H31N3O3S2. The highest BCUT2D eigenvalue weighted by Crippen LogP contribution is 2.41. The maximum Gasteiger partial charge on any atom is 0.191 e. The summed E-state index contributed by atoms with van der Waals surface area (Å²) in [6.45, 7) is 5.84. The molecule has 2 rings (SSSR count). The Morgan fingerprint density at radius 3 is 2.65 bits per heavy atom. The molecule has 8 heteroatoms. The van der Waals surface area contributed by atoms with E-state index in [-0.39, 0.29) is 12.3 Å².